The maximum atomic E-state index is 12.2. The van der Waals surface area contributed by atoms with Crippen molar-refractivity contribution >= 4 is 5.91 Å². The van der Waals surface area contributed by atoms with Crippen LogP contribution in [0, 0.1) is 17.8 Å². The third-order valence-electron chi connectivity index (χ3n) is 3.80. The Morgan fingerprint density at radius 1 is 1.44 bits per heavy atom. The van der Waals surface area contributed by atoms with Crippen molar-refractivity contribution in [3.8, 4) is 0 Å². The van der Waals surface area contributed by atoms with Gasteiger partial charge in [0.2, 0.25) is 5.91 Å². The SMILES string of the molecule is CC(C)C[C@H](N)C(=O)N1C[C@H](CO)[C@@H](C)[C@H](O)C1. The summed E-state index contributed by atoms with van der Waals surface area (Å²) in [6.07, 6.45) is 0.0659. The normalized spacial score (nSPS) is 30.6. The molecule has 1 aliphatic rings. The van der Waals surface area contributed by atoms with Crippen LogP contribution in [0.4, 0.5) is 0 Å². The van der Waals surface area contributed by atoms with E-state index in [4.69, 9.17) is 5.73 Å². The van der Waals surface area contributed by atoms with Crippen molar-refractivity contribution in [2.75, 3.05) is 19.7 Å². The molecule has 18 heavy (non-hydrogen) atoms. The summed E-state index contributed by atoms with van der Waals surface area (Å²) in [5, 5.41) is 19.2. The zero-order valence-corrected chi connectivity index (χ0v) is 11.5. The highest BCUT2D eigenvalue weighted by atomic mass is 16.3. The molecule has 0 bridgehead atoms. The van der Waals surface area contributed by atoms with E-state index in [0.29, 0.717) is 25.4 Å². The van der Waals surface area contributed by atoms with Gasteiger partial charge in [0.1, 0.15) is 0 Å². The van der Waals surface area contributed by atoms with Crippen LogP contribution in [0.25, 0.3) is 0 Å². The summed E-state index contributed by atoms with van der Waals surface area (Å²) in [7, 11) is 0. The van der Waals surface area contributed by atoms with Gasteiger partial charge in [-0.1, -0.05) is 20.8 Å². The largest absolute Gasteiger partial charge is 0.396 e. The maximum absolute atomic E-state index is 12.2. The van der Waals surface area contributed by atoms with Crippen LogP contribution in [0.5, 0.6) is 0 Å². The lowest BCUT2D eigenvalue weighted by Crippen LogP contribution is -2.55. The van der Waals surface area contributed by atoms with E-state index in [1.165, 1.54) is 0 Å². The highest BCUT2D eigenvalue weighted by Gasteiger charge is 2.35. The first-order chi connectivity index (χ1) is 8.36. The van der Waals surface area contributed by atoms with E-state index < -0.39 is 12.1 Å². The Kier molecular flexibility index (Phi) is 5.56. The van der Waals surface area contributed by atoms with Crippen LogP contribution in [-0.4, -0.2) is 52.9 Å². The number of nitrogens with zero attached hydrogens (tertiary/aromatic N) is 1. The number of hydrogen-bond acceptors (Lipinski definition) is 4. The molecule has 1 amide bonds. The molecule has 4 N–H and O–H groups in total. The second kappa shape index (κ2) is 6.50. The lowest BCUT2D eigenvalue weighted by Gasteiger charge is -2.40. The molecule has 0 aliphatic carbocycles. The van der Waals surface area contributed by atoms with E-state index in [9.17, 15) is 15.0 Å². The first-order valence-electron chi connectivity index (χ1n) is 6.70. The number of piperidine rings is 1. The molecule has 0 aromatic heterocycles. The predicted molar refractivity (Wildman–Crippen MR) is 69.8 cm³/mol. The number of amides is 1. The maximum Gasteiger partial charge on any atom is 0.239 e. The molecule has 1 heterocycles. The van der Waals surface area contributed by atoms with Crippen molar-refractivity contribution < 1.29 is 15.0 Å². The molecule has 0 radical (unpaired) electrons. The van der Waals surface area contributed by atoms with Gasteiger partial charge in [0, 0.05) is 25.6 Å². The fraction of sp³-hybridized carbons (Fsp3) is 0.923. The summed E-state index contributed by atoms with van der Waals surface area (Å²) >= 11 is 0. The van der Waals surface area contributed by atoms with Crippen molar-refractivity contribution in [2.24, 2.45) is 23.5 Å². The number of hydrogen-bond donors (Lipinski definition) is 3. The average Bonchev–Trinajstić information content (AvgIpc) is 2.30. The minimum atomic E-state index is -0.578. The number of aliphatic hydroxyl groups excluding tert-OH is 2. The molecule has 4 atom stereocenters. The summed E-state index contributed by atoms with van der Waals surface area (Å²) in [5.74, 6) is 0.198. The molecule has 1 fully saturated rings. The number of likely N-dealkylation sites (tertiary alicyclic amines) is 1. The molecule has 5 nitrogen and oxygen atoms in total. The first-order valence-corrected chi connectivity index (χ1v) is 6.70. The number of carbonyl (C=O) groups excluding carboxylic acids is 1. The monoisotopic (exact) mass is 258 g/mol. The summed E-state index contributed by atoms with van der Waals surface area (Å²) in [6.45, 7) is 6.75. The van der Waals surface area contributed by atoms with Crippen LogP contribution in [0.2, 0.25) is 0 Å². The predicted octanol–water partition coefficient (Wildman–Crippen LogP) is -0.192. The van der Waals surface area contributed by atoms with Gasteiger partial charge in [0.05, 0.1) is 12.1 Å². The molecule has 0 aromatic rings. The second-order valence-corrected chi connectivity index (χ2v) is 5.85. The summed E-state index contributed by atoms with van der Waals surface area (Å²) in [5.41, 5.74) is 5.88. The van der Waals surface area contributed by atoms with E-state index in [2.05, 4.69) is 0 Å². The Labute approximate surface area is 109 Å². The van der Waals surface area contributed by atoms with Gasteiger partial charge < -0.3 is 20.8 Å². The molecule has 0 saturated carbocycles. The summed E-state index contributed by atoms with van der Waals surface area (Å²) in [4.78, 5) is 13.8. The molecule has 0 spiro atoms. The molecule has 106 valence electrons. The van der Waals surface area contributed by atoms with Crippen LogP contribution in [-0.2, 0) is 4.79 Å². The topological polar surface area (TPSA) is 86.8 Å². The fourth-order valence-corrected chi connectivity index (χ4v) is 2.48. The number of rotatable bonds is 4. The van der Waals surface area contributed by atoms with Crippen molar-refractivity contribution in [1.29, 1.82) is 0 Å². The fourth-order valence-electron chi connectivity index (χ4n) is 2.48. The highest BCUT2D eigenvalue weighted by molar-refractivity contribution is 5.81. The Morgan fingerprint density at radius 3 is 2.56 bits per heavy atom. The van der Waals surface area contributed by atoms with E-state index in [0.717, 1.165) is 0 Å². The zero-order chi connectivity index (χ0) is 13.9. The first kappa shape index (κ1) is 15.4. The number of carbonyl (C=O) groups is 1. The quantitative estimate of drug-likeness (QED) is 0.652. The molecule has 0 unspecified atom stereocenters. The van der Waals surface area contributed by atoms with E-state index in [-0.39, 0.29) is 24.3 Å². The number of aliphatic hydroxyl groups is 2. The second-order valence-electron chi connectivity index (χ2n) is 5.85. The average molecular weight is 258 g/mol. The van der Waals surface area contributed by atoms with Crippen LogP contribution in [0.1, 0.15) is 27.2 Å². The minimum Gasteiger partial charge on any atom is -0.396 e. The molecule has 1 aliphatic heterocycles. The lowest BCUT2D eigenvalue weighted by atomic mass is 9.85. The standard InChI is InChI=1S/C13H26N2O3/c1-8(2)4-11(14)13(18)15-5-10(7-16)9(3)12(17)6-15/h8-12,16-17H,4-7,14H2,1-3H3/t9-,10-,11+,12-/m1/s1. The molecule has 0 aromatic carbocycles. The molecule has 5 heteroatoms. The Morgan fingerprint density at radius 2 is 2.06 bits per heavy atom. The lowest BCUT2D eigenvalue weighted by molar-refractivity contribution is -0.140. The van der Waals surface area contributed by atoms with Crippen molar-refractivity contribution in [3.05, 3.63) is 0 Å². The van der Waals surface area contributed by atoms with E-state index in [1.54, 1.807) is 4.90 Å². The Bertz CT molecular complexity index is 283. The number of β-amino-alcohol motifs (C(OH)–C–C–N with tert-alkyl or cyclic N) is 1. The van der Waals surface area contributed by atoms with E-state index in [1.807, 2.05) is 20.8 Å². The van der Waals surface area contributed by atoms with Crippen LogP contribution >= 0.6 is 0 Å². The van der Waals surface area contributed by atoms with Gasteiger partial charge in [-0.25, -0.2) is 0 Å². The molecule has 1 rings (SSSR count). The van der Waals surface area contributed by atoms with Crippen LogP contribution in [0.3, 0.4) is 0 Å². The highest BCUT2D eigenvalue weighted by Crippen LogP contribution is 2.24. The van der Waals surface area contributed by atoms with Gasteiger partial charge in [0.15, 0.2) is 0 Å². The number of nitrogens with two attached hydrogens (primary N) is 1. The van der Waals surface area contributed by atoms with Gasteiger partial charge in [-0.15, -0.1) is 0 Å². The minimum absolute atomic E-state index is 0.0125. The van der Waals surface area contributed by atoms with Crippen molar-refractivity contribution in [3.63, 3.8) is 0 Å². The van der Waals surface area contributed by atoms with Gasteiger partial charge in [-0.05, 0) is 18.3 Å². The van der Waals surface area contributed by atoms with Gasteiger partial charge in [-0.3, -0.25) is 4.79 Å². The van der Waals surface area contributed by atoms with Gasteiger partial charge in [0.25, 0.3) is 0 Å². The molecular weight excluding hydrogens is 232 g/mol. The van der Waals surface area contributed by atoms with E-state index >= 15 is 0 Å². The zero-order valence-electron chi connectivity index (χ0n) is 11.5. The van der Waals surface area contributed by atoms with Crippen LogP contribution in [0.15, 0.2) is 0 Å². The molecular formula is C13H26N2O3. The van der Waals surface area contributed by atoms with Gasteiger partial charge in [-0.2, -0.15) is 0 Å². The van der Waals surface area contributed by atoms with Gasteiger partial charge >= 0.3 is 0 Å². The smallest absolute Gasteiger partial charge is 0.239 e. The van der Waals surface area contributed by atoms with Crippen molar-refractivity contribution in [2.45, 2.75) is 39.3 Å². The Balaban J connectivity index is 2.63. The third kappa shape index (κ3) is 3.67. The van der Waals surface area contributed by atoms with Crippen molar-refractivity contribution in [1.82, 2.24) is 4.90 Å². The Hall–Kier alpha value is -0.650. The summed E-state index contributed by atoms with van der Waals surface area (Å²) in [6, 6.07) is -0.509. The van der Waals surface area contributed by atoms with Crippen LogP contribution < -0.4 is 5.73 Å². The third-order valence-corrected chi connectivity index (χ3v) is 3.80. The molecule has 1 saturated heterocycles. The summed E-state index contributed by atoms with van der Waals surface area (Å²) < 4.78 is 0.